The summed E-state index contributed by atoms with van der Waals surface area (Å²) in [6.45, 7) is 9.95. The van der Waals surface area contributed by atoms with Crippen molar-refractivity contribution >= 4 is 28.6 Å². The first-order chi connectivity index (χ1) is 11.2. The third-order valence-corrected chi connectivity index (χ3v) is 7.64. The normalized spacial score (nSPS) is 26.4. The summed E-state index contributed by atoms with van der Waals surface area (Å²) < 4.78 is 5.59. The molecule has 0 heterocycles. The molecule has 1 fully saturated rings. The molecular formula is C19H35IO4. The van der Waals surface area contributed by atoms with E-state index in [1.165, 1.54) is 0 Å². The minimum absolute atomic E-state index is 0.0375. The Labute approximate surface area is 160 Å². The number of esters is 1. The summed E-state index contributed by atoms with van der Waals surface area (Å²) >= 11 is 2.12. The highest BCUT2D eigenvalue weighted by molar-refractivity contribution is 14.1. The van der Waals surface area contributed by atoms with Crippen molar-refractivity contribution in [3.8, 4) is 0 Å². The van der Waals surface area contributed by atoms with Crippen molar-refractivity contribution in [2.75, 3.05) is 0 Å². The van der Waals surface area contributed by atoms with Gasteiger partial charge in [0.25, 0.3) is 0 Å². The summed E-state index contributed by atoms with van der Waals surface area (Å²) in [6.07, 6.45) is 4.44. The Morgan fingerprint density at radius 1 is 1.00 bits per heavy atom. The van der Waals surface area contributed by atoms with E-state index in [9.17, 15) is 15.0 Å². The molecule has 5 heteroatoms. The molecule has 0 spiro atoms. The lowest BCUT2D eigenvalue weighted by atomic mass is 9.69. The summed E-state index contributed by atoms with van der Waals surface area (Å²) in [5.74, 6) is -0.246. The lowest BCUT2D eigenvalue weighted by Crippen LogP contribution is -2.47. The molecule has 3 atom stereocenters. The van der Waals surface area contributed by atoms with Gasteiger partial charge in [-0.15, -0.1) is 0 Å². The molecule has 142 valence electrons. The third-order valence-electron chi connectivity index (χ3n) is 6.25. The molecule has 0 bridgehead atoms. The first-order valence-corrected chi connectivity index (χ1v) is 10.7. The molecule has 3 unspecified atom stereocenters. The highest BCUT2D eigenvalue weighted by Gasteiger charge is 2.53. The smallest absolute Gasteiger partial charge is 0.319 e. The zero-order chi connectivity index (χ0) is 18.5. The van der Waals surface area contributed by atoms with E-state index in [2.05, 4.69) is 22.6 Å². The molecular weight excluding hydrogens is 419 g/mol. The first-order valence-electron chi connectivity index (χ1n) is 9.50. The van der Waals surface area contributed by atoms with Gasteiger partial charge in [0.1, 0.15) is 10.0 Å². The number of carbonyl (C=O) groups excluding carboxylic acids is 1. The molecule has 24 heavy (non-hydrogen) atoms. The largest absolute Gasteiger partial charge is 0.462 e. The molecule has 0 aromatic carbocycles. The molecule has 0 saturated heterocycles. The van der Waals surface area contributed by atoms with Crippen LogP contribution in [0.2, 0.25) is 0 Å². The molecule has 1 aliphatic carbocycles. The summed E-state index contributed by atoms with van der Waals surface area (Å²) in [5, 5.41) is 22.2. The fourth-order valence-electron chi connectivity index (χ4n) is 4.23. The second kappa shape index (κ2) is 9.17. The van der Waals surface area contributed by atoms with Gasteiger partial charge in [-0.1, -0.05) is 57.2 Å². The van der Waals surface area contributed by atoms with Crippen LogP contribution in [0.4, 0.5) is 0 Å². The van der Waals surface area contributed by atoms with Gasteiger partial charge in [0.2, 0.25) is 0 Å². The highest BCUT2D eigenvalue weighted by atomic mass is 127. The van der Waals surface area contributed by atoms with Gasteiger partial charge in [0, 0.05) is 0 Å². The van der Waals surface area contributed by atoms with E-state index >= 15 is 0 Å². The Morgan fingerprint density at radius 2 is 1.38 bits per heavy atom. The van der Waals surface area contributed by atoms with Crippen LogP contribution in [-0.4, -0.2) is 37.4 Å². The van der Waals surface area contributed by atoms with Crippen LogP contribution in [0.3, 0.4) is 0 Å². The molecule has 1 saturated carbocycles. The van der Waals surface area contributed by atoms with E-state index in [-0.39, 0.29) is 27.8 Å². The zero-order valence-electron chi connectivity index (χ0n) is 15.8. The van der Waals surface area contributed by atoms with Crippen LogP contribution in [0.15, 0.2) is 0 Å². The molecule has 2 N–H and O–H groups in total. The van der Waals surface area contributed by atoms with Crippen LogP contribution in [0.25, 0.3) is 0 Å². The fraction of sp³-hybridized carbons (Fsp3) is 0.947. The van der Waals surface area contributed by atoms with Crippen molar-refractivity contribution in [3.05, 3.63) is 0 Å². The Morgan fingerprint density at radius 3 is 1.67 bits per heavy atom. The summed E-state index contributed by atoms with van der Waals surface area (Å²) in [5.41, 5.74) is -1.61. The van der Waals surface area contributed by atoms with Crippen LogP contribution in [0.1, 0.15) is 79.6 Å². The Hall–Kier alpha value is 0.120. The van der Waals surface area contributed by atoms with E-state index < -0.39 is 11.2 Å². The van der Waals surface area contributed by atoms with Crippen LogP contribution in [0, 0.1) is 11.8 Å². The summed E-state index contributed by atoms with van der Waals surface area (Å²) in [4.78, 5) is 12.2. The number of hydrogen-bond acceptors (Lipinski definition) is 4. The second-order valence-electron chi connectivity index (χ2n) is 7.24. The second-order valence-corrected chi connectivity index (χ2v) is 8.74. The minimum Gasteiger partial charge on any atom is -0.462 e. The standard InChI is InChI=1S/C19H35IO4/c1-6-16(20)17(21)24-13-11-14(18(22,7-2)8-3)15(12-13)19(23,9-4)10-5/h13-16,22-23H,6-12H2,1-5H3. The summed E-state index contributed by atoms with van der Waals surface area (Å²) in [6, 6.07) is 0. The predicted octanol–water partition coefficient (Wildman–Crippen LogP) is 4.24. The number of rotatable bonds is 9. The lowest BCUT2D eigenvalue weighted by molar-refractivity contribution is -0.148. The van der Waals surface area contributed by atoms with Crippen LogP contribution in [0.5, 0.6) is 0 Å². The van der Waals surface area contributed by atoms with E-state index in [4.69, 9.17) is 4.74 Å². The number of alkyl halides is 1. The lowest BCUT2D eigenvalue weighted by Gasteiger charge is -2.42. The number of ether oxygens (including phenoxy) is 1. The fourth-order valence-corrected chi connectivity index (χ4v) is 4.38. The number of halogens is 1. The van der Waals surface area contributed by atoms with E-state index in [1.54, 1.807) is 0 Å². The average Bonchev–Trinajstić information content (AvgIpc) is 3.04. The van der Waals surface area contributed by atoms with Crippen molar-refractivity contribution in [1.29, 1.82) is 0 Å². The van der Waals surface area contributed by atoms with Crippen LogP contribution >= 0.6 is 22.6 Å². The van der Waals surface area contributed by atoms with Crippen molar-refractivity contribution in [2.24, 2.45) is 11.8 Å². The van der Waals surface area contributed by atoms with Crippen molar-refractivity contribution < 1.29 is 19.7 Å². The van der Waals surface area contributed by atoms with Gasteiger partial charge in [-0.05, 0) is 56.8 Å². The van der Waals surface area contributed by atoms with Crippen LogP contribution in [-0.2, 0) is 9.53 Å². The number of carbonyl (C=O) groups is 1. The number of aliphatic hydroxyl groups is 2. The Balaban J connectivity index is 3.03. The molecule has 0 aromatic heterocycles. The number of hydrogen-bond donors (Lipinski definition) is 2. The quantitative estimate of drug-likeness (QED) is 0.311. The molecule has 0 amide bonds. The zero-order valence-corrected chi connectivity index (χ0v) is 18.0. The highest BCUT2D eigenvalue weighted by Crippen LogP contribution is 2.49. The first kappa shape index (κ1) is 22.2. The third kappa shape index (κ3) is 4.64. The minimum atomic E-state index is -0.807. The molecule has 1 rings (SSSR count). The Kier molecular flexibility index (Phi) is 8.47. The maximum absolute atomic E-state index is 12.2. The SMILES string of the molecule is CCC(I)C(=O)OC1CC(C(O)(CC)CC)C(C(O)(CC)CC)C1. The topological polar surface area (TPSA) is 66.8 Å². The molecule has 0 aromatic rings. The maximum atomic E-state index is 12.2. The van der Waals surface area contributed by atoms with Gasteiger partial charge in [-0.3, -0.25) is 4.79 Å². The van der Waals surface area contributed by atoms with Crippen molar-refractivity contribution in [1.82, 2.24) is 0 Å². The van der Waals surface area contributed by atoms with E-state index in [0.717, 1.165) is 6.42 Å². The summed E-state index contributed by atoms with van der Waals surface area (Å²) in [7, 11) is 0. The predicted molar refractivity (Wildman–Crippen MR) is 105 cm³/mol. The van der Waals surface area contributed by atoms with E-state index in [1.807, 2.05) is 34.6 Å². The van der Waals surface area contributed by atoms with Gasteiger partial charge in [-0.25, -0.2) is 0 Å². The maximum Gasteiger partial charge on any atom is 0.319 e. The molecule has 0 aliphatic heterocycles. The average molecular weight is 454 g/mol. The van der Waals surface area contributed by atoms with Gasteiger partial charge in [0.15, 0.2) is 0 Å². The van der Waals surface area contributed by atoms with Gasteiger partial charge in [0.05, 0.1) is 11.2 Å². The van der Waals surface area contributed by atoms with Crippen LogP contribution < -0.4 is 0 Å². The van der Waals surface area contributed by atoms with Gasteiger partial charge in [-0.2, -0.15) is 0 Å². The molecule has 1 aliphatic rings. The van der Waals surface area contributed by atoms with Gasteiger partial charge < -0.3 is 14.9 Å². The van der Waals surface area contributed by atoms with Gasteiger partial charge >= 0.3 is 5.97 Å². The van der Waals surface area contributed by atoms with Crippen molar-refractivity contribution in [3.63, 3.8) is 0 Å². The van der Waals surface area contributed by atoms with Crippen molar-refractivity contribution in [2.45, 2.75) is 101 Å². The Bertz CT molecular complexity index is 378. The monoisotopic (exact) mass is 454 g/mol. The molecule has 0 radical (unpaired) electrons. The molecule has 4 nitrogen and oxygen atoms in total. The van der Waals surface area contributed by atoms with E-state index in [0.29, 0.717) is 38.5 Å².